The Hall–Kier alpha value is -0.200. The van der Waals surface area contributed by atoms with Crippen molar-refractivity contribution in [2.24, 2.45) is 28.7 Å². The van der Waals surface area contributed by atoms with Crippen molar-refractivity contribution < 1.29 is 0 Å². The van der Waals surface area contributed by atoms with Gasteiger partial charge in [-0.2, -0.15) is 0 Å². The fourth-order valence-electron chi connectivity index (χ4n) is 0. The molecule has 0 amide bonds. The lowest BCUT2D eigenvalue weighted by Crippen LogP contribution is -2.45. The molecule has 0 aromatic rings. The predicted molar refractivity (Wildman–Crippen MR) is 48.5 cm³/mol. The summed E-state index contributed by atoms with van der Waals surface area (Å²) in [6.45, 7) is 4.23. The van der Waals surface area contributed by atoms with E-state index in [4.69, 9.17) is 28.7 Å². The summed E-state index contributed by atoms with van der Waals surface area (Å²) in [7, 11) is 0. The van der Waals surface area contributed by atoms with Crippen LogP contribution in [0.3, 0.4) is 0 Å². The van der Waals surface area contributed by atoms with Crippen molar-refractivity contribution >= 4 is 0 Å². The molecule has 5 heteroatoms. The molecule has 5 nitrogen and oxygen atoms in total. The topological polar surface area (TPSA) is 130 Å². The smallest absolute Gasteiger partial charge is 0.0674 e. The highest BCUT2D eigenvalue weighted by molar-refractivity contribution is 4.61. The number of hydrogen-bond acceptors (Lipinski definition) is 5. The molecular formula is C6H21N5. The maximum Gasteiger partial charge on any atom is 0.0674 e. The Morgan fingerprint density at radius 3 is 1.18 bits per heavy atom. The van der Waals surface area contributed by atoms with Gasteiger partial charge in [0.25, 0.3) is 0 Å². The minimum Gasteiger partial charge on any atom is -0.329 e. The summed E-state index contributed by atoms with van der Waals surface area (Å²) in [4.78, 5) is 0. The van der Waals surface area contributed by atoms with Gasteiger partial charge >= 0.3 is 0 Å². The molecule has 0 heterocycles. The van der Waals surface area contributed by atoms with E-state index in [1.54, 1.807) is 6.92 Å². The molecule has 70 valence electrons. The Balaban J connectivity index is 0. The third-order valence-corrected chi connectivity index (χ3v) is 0.979. The van der Waals surface area contributed by atoms with Crippen LogP contribution in [0.15, 0.2) is 0 Å². The van der Waals surface area contributed by atoms with Crippen molar-refractivity contribution in [3.05, 3.63) is 0 Å². The van der Waals surface area contributed by atoms with Gasteiger partial charge < -0.3 is 28.7 Å². The van der Waals surface area contributed by atoms with Crippen LogP contribution >= 0.6 is 0 Å². The van der Waals surface area contributed by atoms with E-state index >= 15 is 0 Å². The molecule has 0 aromatic heterocycles. The van der Waals surface area contributed by atoms with Crippen molar-refractivity contribution in [1.82, 2.24) is 0 Å². The van der Waals surface area contributed by atoms with Crippen molar-refractivity contribution in [1.29, 1.82) is 0 Å². The SMILES string of the molecule is CC(N)C(N)N.CC(N)CN. The largest absolute Gasteiger partial charge is 0.329 e. The van der Waals surface area contributed by atoms with Crippen molar-refractivity contribution in [3.63, 3.8) is 0 Å². The molecule has 2 unspecified atom stereocenters. The molecule has 0 bridgehead atoms. The van der Waals surface area contributed by atoms with Crippen LogP contribution in [0.5, 0.6) is 0 Å². The van der Waals surface area contributed by atoms with E-state index in [2.05, 4.69) is 0 Å². The highest BCUT2D eigenvalue weighted by atomic mass is 14.9. The first-order valence-corrected chi connectivity index (χ1v) is 3.64. The van der Waals surface area contributed by atoms with Gasteiger partial charge in [0.2, 0.25) is 0 Å². The van der Waals surface area contributed by atoms with Crippen LogP contribution in [0.25, 0.3) is 0 Å². The van der Waals surface area contributed by atoms with E-state index < -0.39 is 0 Å². The predicted octanol–water partition coefficient (Wildman–Crippen LogP) is -2.13. The maximum atomic E-state index is 5.19. The van der Waals surface area contributed by atoms with Gasteiger partial charge in [-0.15, -0.1) is 0 Å². The van der Waals surface area contributed by atoms with Gasteiger partial charge in [-0.1, -0.05) is 0 Å². The van der Waals surface area contributed by atoms with Gasteiger partial charge in [0.1, 0.15) is 0 Å². The molecule has 0 radical (unpaired) electrons. The lowest BCUT2D eigenvalue weighted by atomic mass is 10.3. The van der Waals surface area contributed by atoms with Crippen LogP contribution in [0, 0.1) is 0 Å². The first-order valence-electron chi connectivity index (χ1n) is 3.64. The second-order valence-corrected chi connectivity index (χ2v) is 2.65. The zero-order valence-electron chi connectivity index (χ0n) is 7.33. The second-order valence-electron chi connectivity index (χ2n) is 2.65. The molecule has 0 aliphatic heterocycles. The lowest BCUT2D eigenvalue weighted by Gasteiger charge is -2.06. The van der Waals surface area contributed by atoms with Gasteiger partial charge in [0.05, 0.1) is 6.17 Å². The minimum absolute atomic E-state index is 0.0926. The fourth-order valence-corrected chi connectivity index (χ4v) is 0. The molecule has 2 atom stereocenters. The Morgan fingerprint density at radius 2 is 1.18 bits per heavy atom. The van der Waals surface area contributed by atoms with Crippen molar-refractivity contribution in [3.8, 4) is 0 Å². The quantitative estimate of drug-likeness (QED) is 0.297. The average molecular weight is 163 g/mol. The van der Waals surface area contributed by atoms with Crippen molar-refractivity contribution in [2.45, 2.75) is 32.1 Å². The Labute approximate surface area is 68.3 Å². The third-order valence-electron chi connectivity index (χ3n) is 0.979. The second kappa shape index (κ2) is 7.90. The van der Waals surface area contributed by atoms with Gasteiger partial charge in [0, 0.05) is 18.6 Å². The van der Waals surface area contributed by atoms with Gasteiger partial charge in [-0.3, -0.25) is 0 Å². The van der Waals surface area contributed by atoms with Crippen LogP contribution < -0.4 is 28.7 Å². The fraction of sp³-hybridized carbons (Fsp3) is 1.00. The molecule has 0 rings (SSSR count). The molecule has 0 aliphatic carbocycles. The van der Waals surface area contributed by atoms with Gasteiger partial charge in [-0.25, -0.2) is 0 Å². The number of rotatable bonds is 2. The van der Waals surface area contributed by atoms with E-state index in [-0.39, 0.29) is 18.2 Å². The summed E-state index contributed by atoms with van der Waals surface area (Å²) in [5.41, 5.74) is 25.6. The van der Waals surface area contributed by atoms with E-state index in [0.29, 0.717) is 6.54 Å². The van der Waals surface area contributed by atoms with Crippen LogP contribution in [-0.2, 0) is 0 Å². The third kappa shape index (κ3) is 17.7. The Morgan fingerprint density at radius 1 is 1.00 bits per heavy atom. The molecule has 0 aromatic carbocycles. The first kappa shape index (κ1) is 13.4. The summed E-state index contributed by atoms with van der Waals surface area (Å²) < 4.78 is 0. The van der Waals surface area contributed by atoms with Crippen LogP contribution in [0.2, 0.25) is 0 Å². The van der Waals surface area contributed by atoms with Gasteiger partial charge in [-0.05, 0) is 13.8 Å². The molecule has 0 spiro atoms. The van der Waals surface area contributed by atoms with E-state index in [1.165, 1.54) is 0 Å². The van der Waals surface area contributed by atoms with Crippen molar-refractivity contribution in [2.75, 3.05) is 6.54 Å². The van der Waals surface area contributed by atoms with E-state index in [9.17, 15) is 0 Å². The molecule has 11 heavy (non-hydrogen) atoms. The summed E-state index contributed by atoms with van der Waals surface area (Å²) in [5, 5.41) is 0. The summed E-state index contributed by atoms with van der Waals surface area (Å²) in [5.74, 6) is 0. The number of nitrogens with two attached hydrogens (primary N) is 5. The molecule has 0 aliphatic rings. The lowest BCUT2D eigenvalue weighted by molar-refractivity contribution is 0.580. The molecule has 10 N–H and O–H groups in total. The van der Waals surface area contributed by atoms with Crippen LogP contribution in [0.4, 0.5) is 0 Å². The summed E-state index contributed by atoms with van der Waals surface area (Å²) in [6, 6.07) is 0.0694. The maximum absolute atomic E-state index is 5.19. The monoisotopic (exact) mass is 163 g/mol. The van der Waals surface area contributed by atoms with Gasteiger partial charge in [0.15, 0.2) is 0 Å². The molecule has 0 saturated heterocycles. The zero-order chi connectivity index (χ0) is 9.44. The average Bonchev–Trinajstić information content (AvgIpc) is 1.89. The van der Waals surface area contributed by atoms with Crippen LogP contribution in [0.1, 0.15) is 13.8 Å². The first-order chi connectivity index (χ1) is 4.91. The number of hydrogen-bond donors (Lipinski definition) is 5. The molecule has 0 fully saturated rings. The highest BCUT2D eigenvalue weighted by Crippen LogP contribution is 1.69. The molecule has 0 saturated carbocycles. The van der Waals surface area contributed by atoms with E-state index in [1.807, 2.05) is 6.92 Å². The highest BCUT2D eigenvalue weighted by Gasteiger charge is 1.96. The van der Waals surface area contributed by atoms with Crippen LogP contribution in [-0.4, -0.2) is 24.8 Å². The minimum atomic E-state index is -0.370. The Bertz CT molecular complexity index is 65.4. The standard InChI is InChI=1S/C3H11N3.C3H10N2/c1-2(4)3(5)6;1-3(5)2-4/h2-3H,4-6H2,1H3;3H,2,4-5H2,1H3. The molecular weight excluding hydrogens is 142 g/mol. The van der Waals surface area contributed by atoms with E-state index in [0.717, 1.165) is 0 Å². The summed E-state index contributed by atoms with van der Waals surface area (Å²) in [6.07, 6.45) is -0.370. The Kier molecular flexibility index (Phi) is 9.62. The zero-order valence-corrected chi connectivity index (χ0v) is 7.33. The summed E-state index contributed by atoms with van der Waals surface area (Å²) >= 11 is 0. The normalized spacial score (nSPS) is 15.3.